The largest absolute Gasteiger partial charge is 0.481 e. The van der Waals surface area contributed by atoms with Crippen molar-refractivity contribution in [1.82, 2.24) is 5.32 Å². The van der Waals surface area contributed by atoms with Gasteiger partial charge in [-0.15, -0.1) is 0 Å². The smallest absolute Gasteiger partial charge is 0.306 e. The molecule has 1 aliphatic heterocycles. The SMILES string of the molecule is CC(=O)C1=NCC(COC(=O)CCC(=O)O)N1. The van der Waals surface area contributed by atoms with E-state index in [9.17, 15) is 14.4 Å². The fourth-order valence-electron chi connectivity index (χ4n) is 1.27. The van der Waals surface area contributed by atoms with Crippen LogP contribution in [0.15, 0.2) is 4.99 Å². The summed E-state index contributed by atoms with van der Waals surface area (Å²) < 4.78 is 4.86. The van der Waals surface area contributed by atoms with Gasteiger partial charge in [0.25, 0.3) is 0 Å². The maximum absolute atomic E-state index is 11.1. The fourth-order valence-corrected chi connectivity index (χ4v) is 1.27. The number of rotatable bonds is 6. The van der Waals surface area contributed by atoms with Crippen molar-refractivity contribution in [2.24, 2.45) is 4.99 Å². The normalized spacial score (nSPS) is 18.2. The molecule has 0 aromatic heterocycles. The zero-order valence-corrected chi connectivity index (χ0v) is 9.43. The second-order valence-electron chi connectivity index (χ2n) is 3.66. The molecule has 1 aliphatic rings. The van der Waals surface area contributed by atoms with E-state index in [0.717, 1.165) is 0 Å². The zero-order chi connectivity index (χ0) is 12.8. The van der Waals surface area contributed by atoms with Gasteiger partial charge in [0.1, 0.15) is 6.61 Å². The number of carboxylic acids is 1. The van der Waals surface area contributed by atoms with Gasteiger partial charge < -0.3 is 15.2 Å². The molecule has 7 heteroatoms. The number of aliphatic carboxylic acids is 1. The minimum atomic E-state index is -1.04. The van der Waals surface area contributed by atoms with Crippen LogP contribution in [-0.2, 0) is 19.1 Å². The lowest BCUT2D eigenvalue weighted by Crippen LogP contribution is -2.37. The average Bonchev–Trinajstić information content (AvgIpc) is 2.72. The van der Waals surface area contributed by atoms with Gasteiger partial charge in [-0.3, -0.25) is 19.4 Å². The highest BCUT2D eigenvalue weighted by atomic mass is 16.5. The van der Waals surface area contributed by atoms with Gasteiger partial charge in [-0.2, -0.15) is 0 Å². The van der Waals surface area contributed by atoms with Crippen LogP contribution in [0.25, 0.3) is 0 Å². The Kier molecular flexibility index (Phi) is 4.62. The summed E-state index contributed by atoms with van der Waals surface area (Å²) in [6.07, 6.45) is -0.394. The molecule has 94 valence electrons. The molecular formula is C10H14N2O5. The van der Waals surface area contributed by atoms with E-state index >= 15 is 0 Å². The van der Waals surface area contributed by atoms with Crippen molar-refractivity contribution < 1.29 is 24.2 Å². The van der Waals surface area contributed by atoms with Crippen molar-refractivity contribution in [3.63, 3.8) is 0 Å². The van der Waals surface area contributed by atoms with Crippen LogP contribution in [0.1, 0.15) is 19.8 Å². The molecule has 7 nitrogen and oxygen atoms in total. The van der Waals surface area contributed by atoms with Gasteiger partial charge in [0, 0.05) is 6.92 Å². The maximum atomic E-state index is 11.1. The van der Waals surface area contributed by atoms with Gasteiger partial charge >= 0.3 is 11.9 Å². The minimum absolute atomic E-state index is 0.0821. The van der Waals surface area contributed by atoms with Crippen LogP contribution in [-0.4, -0.2) is 47.9 Å². The maximum Gasteiger partial charge on any atom is 0.306 e. The first-order valence-electron chi connectivity index (χ1n) is 5.18. The molecule has 0 fully saturated rings. The molecule has 0 aromatic rings. The molecule has 1 heterocycles. The molecule has 17 heavy (non-hydrogen) atoms. The van der Waals surface area contributed by atoms with E-state index < -0.39 is 11.9 Å². The van der Waals surface area contributed by atoms with E-state index in [1.807, 2.05) is 0 Å². The first-order chi connectivity index (χ1) is 7.99. The monoisotopic (exact) mass is 242 g/mol. The highest BCUT2D eigenvalue weighted by Gasteiger charge is 2.21. The van der Waals surface area contributed by atoms with Crippen LogP contribution < -0.4 is 5.32 Å². The average molecular weight is 242 g/mol. The number of esters is 1. The van der Waals surface area contributed by atoms with E-state index in [0.29, 0.717) is 6.54 Å². The number of ether oxygens (including phenoxy) is 1. The second kappa shape index (κ2) is 5.97. The molecule has 2 N–H and O–H groups in total. The van der Waals surface area contributed by atoms with Crippen molar-refractivity contribution >= 4 is 23.6 Å². The number of carbonyl (C=O) groups excluding carboxylic acids is 2. The van der Waals surface area contributed by atoms with Crippen LogP contribution in [0.4, 0.5) is 0 Å². The third-order valence-electron chi connectivity index (χ3n) is 2.13. The number of carboxylic acid groups (broad SMARTS) is 1. The van der Waals surface area contributed by atoms with Gasteiger partial charge in [-0.25, -0.2) is 0 Å². The molecule has 0 saturated heterocycles. The molecule has 0 saturated carbocycles. The van der Waals surface area contributed by atoms with E-state index in [4.69, 9.17) is 9.84 Å². The van der Waals surface area contributed by atoms with Gasteiger partial charge in [-0.05, 0) is 0 Å². The Hall–Kier alpha value is -1.92. The highest BCUT2D eigenvalue weighted by molar-refractivity contribution is 6.38. The van der Waals surface area contributed by atoms with E-state index in [1.54, 1.807) is 0 Å². The zero-order valence-electron chi connectivity index (χ0n) is 9.43. The second-order valence-corrected chi connectivity index (χ2v) is 3.66. The summed E-state index contributed by atoms with van der Waals surface area (Å²) in [5.74, 6) is -1.48. The van der Waals surface area contributed by atoms with Gasteiger partial charge in [0.05, 0.1) is 25.4 Å². The quantitative estimate of drug-likeness (QED) is 0.600. The summed E-state index contributed by atoms with van der Waals surface area (Å²) in [5.41, 5.74) is 0. The summed E-state index contributed by atoms with van der Waals surface area (Å²) in [6, 6.07) is -0.206. The number of nitrogens with one attached hydrogen (secondary N) is 1. The van der Waals surface area contributed by atoms with Crippen LogP contribution in [0.5, 0.6) is 0 Å². The van der Waals surface area contributed by atoms with Crippen molar-refractivity contribution in [3.05, 3.63) is 0 Å². The van der Waals surface area contributed by atoms with Crippen LogP contribution >= 0.6 is 0 Å². The van der Waals surface area contributed by atoms with Crippen LogP contribution in [0.2, 0.25) is 0 Å². The summed E-state index contributed by atoms with van der Waals surface area (Å²) in [5, 5.41) is 11.2. The summed E-state index contributed by atoms with van der Waals surface area (Å²) in [7, 11) is 0. The summed E-state index contributed by atoms with van der Waals surface area (Å²) in [4.78, 5) is 36.2. The molecule has 0 aliphatic carbocycles. The Morgan fingerprint density at radius 1 is 1.47 bits per heavy atom. The predicted octanol–water partition coefficient (Wildman–Crippen LogP) is -0.646. The third-order valence-corrected chi connectivity index (χ3v) is 2.13. The van der Waals surface area contributed by atoms with Crippen molar-refractivity contribution in [2.75, 3.05) is 13.2 Å². The van der Waals surface area contributed by atoms with E-state index in [1.165, 1.54) is 6.92 Å². The van der Waals surface area contributed by atoms with Crippen molar-refractivity contribution in [1.29, 1.82) is 0 Å². The molecule has 1 atom stereocenters. The highest BCUT2D eigenvalue weighted by Crippen LogP contribution is 2.00. The predicted molar refractivity (Wildman–Crippen MR) is 57.7 cm³/mol. The number of Topliss-reactive ketones (excluding diaryl/α,β-unsaturated/α-hetero) is 1. The number of carbonyl (C=O) groups is 3. The van der Waals surface area contributed by atoms with Gasteiger partial charge in [0.2, 0.25) is 0 Å². The Labute approximate surface area is 97.9 Å². The first-order valence-corrected chi connectivity index (χ1v) is 5.18. The Morgan fingerprint density at radius 3 is 2.71 bits per heavy atom. The number of hydrogen-bond donors (Lipinski definition) is 2. The molecule has 0 amide bonds. The fraction of sp³-hybridized carbons (Fsp3) is 0.600. The summed E-state index contributed by atoms with van der Waals surface area (Å²) in [6.45, 7) is 1.85. The lowest BCUT2D eigenvalue weighted by atomic mass is 10.3. The number of amidine groups is 1. The molecule has 1 rings (SSSR count). The molecule has 1 unspecified atom stereocenters. The van der Waals surface area contributed by atoms with Gasteiger partial charge in [-0.1, -0.05) is 0 Å². The number of ketones is 1. The molecule has 0 radical (unpaired) electrons. The Balaban J connectivity index is 2.19. The van der Waals surface area contributed by atoms with Crippen molar-refractivity contribution in [3.8, 4) is 0 Å². The minimum Gasteiger partial charge on any atom is -0.481 e. The Bertz CT molecular complexity index is 364. The van der Waals surface area contributed by atoms with E-state index in [-0.39, 0.29) is 37.1 Å². The van der Waals surface area contributed by atoms with Gasteiger partial charge in [0.15, 0.2) is 11.6 Å². The van der Waals surface area contributed by atoms with Crippen LogP contribution in [0.3, 0.4) is 0 Å². The number of nitrogens with zero attached hydrogens (tertiary/aromatic N) is 1. The third kappa shape index (κ3) is 4.62. The lowest BCUT2D eigenvalue weighted by molar-refractivity contribution is -0.148. The molecule has 0 spiro atoms. The van der Waals surface area contributed by atoms with E-state index in [2.05, 4.69) is 10.3 Å². The Morgan fingerprint density at radius 2 is 2.18 bits per heavy atom. The molecule has 0 bridgehead atoms. The molecular weight excluding hydrogens is 228 g/mol. The van der Waals surface area contributed by atoms with Crippen molar-refractivity contribution in [2.45, 2.75) is 25.8 Å². The summed E-state index contributed by atoms with van der Waals surface area (Å²) >= 11 is 0. The first kappa shape index (κ1) is 13.1. The van der Waals surface area contributed by atoms with Crippen LogP contribution in [0, 0.1) is 0 Å². The molecule has 0 aromatic carbocycles. The lowest BCUT2D eigenvalue weighted by Gasteiger charge is -2.11. The standard InChI is InChI=1S/C10H14N2O5/c1-6(13)10-11-4-7(12-10)5-17-9(16)3-2-8(14)15/h7H,2-5H2,1H3,(H,11,12)(H,14,15). The number of hydrogen-bond acceptors (Lipinski definition) is 6. The number of aliphatic imine (C=N–C) groups is 1. The topological polar surface area (TPSA) is 105 Å².